The van der Waals surface area contributed by atoms with E-state index in [2.05, 4.69) is 41.0 Å². The number of aromatic nitrogens is 4. The Morgan fingerprint density at radius 2 is 1.41 bits per heavy atom. The van der Waals surface area contributed by atoms with Crippen LogP contribution >= 0.6 is 0 Å². The molecular formula is C38H30Au2N4O2-2. The summed E-state index contributed by atoms with van der Waals surface area (Å²) in [5.41, 5.74) is 6.30. The van der Waals surface area contributed by atoms with E-state index >= 15 is 0 Å². The van der Waals surface area contributed by atoms with Crippen LogP contribution in [0.5, 0.6) is 0 Å². The fourth-order valence-electron chi connectivity index (χ4n) is 4.55. The first kappa shape index (κ1) is 36.0. The van der Waals surface area contributed by atoms with Gasteiger partial charge in [0.2, 0.25) is 12.7 Å². The van der Waals surface area contributed by atoms with Crippen molar-refractivity contribution in [1.29, 1.82) is 0 Å². The van der Waals surface area contributed by atoms with Crippen molar-refractivity contribution in [3.63, 3.8) is 0 Å². The Hall–Kier alpha value is -4.50. The van der Waals surface area contributed by atoms with Gasteiger partial charge in [-0.3, -0.25) is 11.8 Å². The molecule has 0 aliphatic carbocycles. The number of rotatable bonds is 5. The molecule has 0 saturated heterocycles. The van der Waals surface area contributed by atoms with Gasteiger partial charge in [-0.15, -0.1) is 29.3 Å². The molecule has 0 aliphatic heterocycles. The Morgan fingerprint density at radius 1 is 0.804 bits per heavy atom. The van der Waals surface area contributed by atoms with Crippen LogP contribution in [-0.4, -0.2) is 9.97 Å². The van der Waals surface area contributed by atoms with E-state index in [1.807, 2.05) is 108 Å². The molecule has 0 amide bonds. The van der Waals surface area contributed by atoms with Gasteiger partial charge in [0.1, 0.15) is 22.5 Å². The molecular weight excluding hydrogens is 938 g/mol. The van der Waals surface area contributed by atoms with Crippen molar-refractivity contribution in [3.8, 4) is 11.8 Å². The minimum Gasteiger partial charge on any atom is -0.457 e. The van der Waals surface area contributed by atoms with E-state index in [0.29, 0.717) is 5.57 Å². The molecule has 2 N–H and O–H groups in total. The topological polar surface area (TPSA) is 65.6 Å². The zero-order chi connectivity index (χ0) is 30.9. The van der Waals surface area contributed by atoms with Gasteiger partial charge in [0, 0.05) is 60.9 Å². The zero-order valence-corrected chi connectivity index (χ0v) is 29.5. The molecule has 0 unspecified atom stereocenters. The average Bonchev–Trinajstić information content (AvgIpc) is 3.84. The van der Waals surface area contributed by atoms with Crippen LogP contribution in [0.3, 0.4) is 0 Å². The van der Waals surface area contributed by atoms with Gasteiger partial charge in [-0.25, -0.2) is 0 Å². The summed E-state index contributed by atoms with van der Waals surface area (Å²) >= 11 is 0. The average molecular weight is 969 g/mol. The van der Waals surface area contributed by atoms with Crippen LogP contribution < -0.4 is 9.13 Å². The van der Waals surface area contributed by atoms with Gasteiger partial charge < -0.3 is 40.8 Å². The molecule has 0 fully saturated rings. The number of hydrogen-bond donors (Lipinski definition) is 2. The molecule has 0 atom stereocenters. The first-order chi connectivity index (χ1) is 21.4. The third-order valence-corrected chi connectivity index (χ3v) is 6.72. The van der Waals surface area contributed by atoms with Crippen LogP contribution in [0, 0.1) is 37.3 Å². The van der Waals surface area contributed by atoms with Crippen molar-refractivity contribution in [2.75, 3.05) is 0 Å². The number of para-hydroxylation sites is 2. The van der Waals surface area contributed by atoms with Gasteiger partial charge in [-0.2, -0.15) is 6.58 Å². The summed E-state index contributed by atoms with van der Waals surface area (Å²) in [6.45, 7) is 3.62. The summed E-state index contributed by atoms with van der Waals surface area (Å²) in [5.74, 6) is 5.33. The number of aryl methyl sites for hydroxylation is 4. The number of nitrogens with zero attached hydrogens (tertiary/aromatic N) is 2. The largest absolute Gasteiger partial charge is 0.457 e. The van der Waals surface area contributed by atoms with E-state index in [1.165, 1.54) is 11.4 Å². The van der Waals surface area contributed by atoms with Crippen molar-refractivity contribution in [1.82, 2.24) is 9.97 Å². The molecule has 46 heavy (non-hydrogen) atoms. The number of imidazole rings is 2. The van der Waals surface area contributed by atoms with E-state index in [1.54, 1.807) is 12.2 Å². The molecule has 4 aromatic heterocycles. The summed E-state index contributed by atoms with van der Waals surface area (Å²) in [6.07, 6.45) is 29.5. The number of H-pyrrole nitrogens is 2. The molecule has 3 aromatic carbocycles. The van der Waals surface area contributed by atoms with Crippen molar-refractivity contribution >= 4 is 39.0 Å². The minimum absolute atomic E-state index is 0. The Morgan fingerprint density at radius 3 is 2.00 bits per heavy atom. The predicted octanol–water partition coefficient (Wildman–Crippen LogP) is 6.49. The third-order valence-electron chi connectivity index (χ3n) is 6.72. The van der Waals surface area contributed by atoms with Gasteiger partial charge in [-0.1, -0.05) is 36.4 Å². The van der Waals surface area contributed by atoms with Gasteiger partial charge >= 0.3 is 0 Å². The van der Waals surface area contributed by atoms with Crippen molar-refractivity contribution in [2.24, 2.45) is 14.1 Å². The van der Waals surface area contributed by atoms with E-state index < -0.39 is 0 Å². The van der Waals surface area contributed by atoms with Crippen LogP contribution in [0.2, 0.25) is 0 Å². The van der Waals surface area contributed by atoms with E-state index in [0.717, 1.165) is 57.1 Å². The molecule has 0 aliphatic rings. The first-order valence-electron chi connectivity index (χ1n) is 13.9. The second-order valence-corrected chi connectivity index (χ2v) is 10.1. The van der Waals surface area contributed by atoms with Crippen LogP contribution in [-0.2, 0) is 71.7 Å². The first-order valence-corrected chi connectivity index (χ1v) is 13.9. The van der Waals surface area contributed by atoms with Crippen LogP contribution in [0.1, 0.15) is 22.7 Å². The Balaban J connectivity index is 0.000000184. The maximum absolute atomic E-state index is 7.10. The Kier molecular flexibility index (Phi) is 13.5. The Bertz CT molecular complexity index is 2090. The molecule has 6 nitrogen and oxygen atoms in total. The molecule has 0 spiro atoms. The summed E-state index contributed by atoms with van der Waals surface area (Å²) in [5, 5.41) is 3.20. The normalized spacial score (nSPS) is 10.2. The summed E-state index contributed by atoms with van der Waals surface area (Å²) < 4.78 is 15.0. The van der Waals surface area contributed by atoms with Crippen molar-refractivity contribution in [3.05, 3.63) is 152 Å². The fourth-order valence-corrected chi connectivity index (χ4v) is 4.55. The number of aromatic amines is 2. The number of furan rings is 2. The second-order valence-electron chi connectivity index (χ2n) is 10.1. The maximum atomic E-state index is 7.10. The molecule has 7 aromatic rings. The van der Waals surface area contributed by atoms with Crippen LogP contribution in [0.25, 0.3) is 39.0 Å². The quantitative estimate of drug-likeness (QED) is 0.0683. The fraction of sp³-hybridized carbons (Fsp3) is 0.105. The SMILES string of the molecule is C[n+]1[c-][nH]c(CCc2c[n+](C)[c-][nH]2)c1.[Au].[Au].[C-]#CC(=C)/C=C\c1cc2ccccc2o1.[C-]#Cc1ccc2oc3ccccc3c2c1. The second kappa shape index (κ2) is 17.3. The molecule has 2 radical (unpaired) electrons. The zero-order valence-electron chi connectivity index (χ0n) is 25.2. The standard InChI is InChI=1S/C14H7O.C14H9O.C10H14N4.2Au/c1-2-10-7-8-14-12(9-10)11-5-3-4-6-13(11)15-14;1-3-11(2)8-9-13-10-12-6-4-5-7-14(12)15-13;1-13-5-9(11-7-13)3-4-10-6-14(2)8-12-10;;/h3-9H;4-10H,2H2;5-6,11-12H,3-4H2,1-2H3;;/q2*-1;;;/b;9-8-;;;. The number of nitrogens with one attached hydrogen (secondary N) is 2. The van der Waals surface area contributed by atoms with E-state index in [9.17, 15) is 0 Å². The van der Waals surface area contributed by atoms with Crippen LogP contribution in [0.4, 0.5) is 0 Å². The summed E-state index contributed by atoms with van der Waals surface area (Å²) in [4.78, 5) is 6.18. The molecule has 0 saturated carbocycles. The maximum Gasteiger partial charge on any atom is 0.201 e. The van der Waals surface area contributed by atoms with E-state index in [-0.39, 0.29) is 44.8 Å². The van der Waals surface area contributed by atoms with Crippen molar-refractivity contribution < 1.29 is 62.7 Å². The predicted molar refractivity (Wildman–Crippen MR) is 170 cm³/mol. The number of fused-ring (bicyclic) bond motifs is 4. The Labute approximate surface area is 300 Å². The third kappa shape index (κ3) is 9.50. The smallest absolute Gasteiger partial charge is 0.201 e. The van der Waals surface area contributed by atoms with Gasteiger partial charge in [0.05, 0.1) is 14.1 Å². The van der Waals surface area contributed by atoms with E-state index in [4.69, 9.17) is 21.7 Å². The number of benzene rings is 3. The molecule has 0 bridgehead atoms. The summed E-state index contributed by atoms with van der Waals surface area (Å²) in [7, 11) is 3.92. The van der Waals surface area contributed by atoms with Gasteiger partial charge in [0.25, 0.3) is 0 Å². The minimum atomic E-state index is 0. The van der Waals surface area contributed by atoms with Gasteiger partial charge in [-0.05, 0) is 67.0 Å². The van der Waals surface area contributed by atoms with Crippen LogP contribution in [0.15, 0.2) is 112 Å². The van der Waals surface area contributed by atoms with Gasteiger partial charge in [0.15, 0.2) is 0 Å². The molecule has 7 rings (SSSR count). The molecule has 238 valence electrons. The molecule has 4 heterocycles. The number of allylic oxidation sites excluding steroid dienone is 2. The number of hydrogen-bond acceptors (Lipinski definition) is 2. The summed E-state index contributed by atoms with van der Waals surface area (Å²) in [6, 6.07) is 23.3. The monoisotopic (exact) mass is 968 g/mol. The molecule has 8 heteroatoms. The van der Waals surface area contributed by atoms with Crippen molar-refractivity contribution in [2.45, 2.75) is 12.8 Å².